The summed E-state index contributed by atoms with van der Waals surface area (Å²) < 4.78 is 88.5. The van der Waals surface area contributed by atoms with Crippen LogP contribution in [0.1, 0.15) is 54.4 Å². The molecule has 41 heavy (non-hydrogen) atoms. The molecule has 0 radical (unpaired) electrons. The van der Waals surface area contributed by atoms with Crippen molar-refractivity contribution in [2.75, 3.05) is 18.5 Å². The van der Waals surface area contributed by atoms with Gasteiger partial charge in [0.25, 0.3) is 11.8 Å². The highest BCUT2D eigenvalue weighted by Gasteiger charge is 2.49. The lowest BCUT2D eigenvalue weighted by Gasteiger charge is -2.30. The molecule has 3 heterocycles. The number of amides is 4. The van der Waals surface area contributed by atoms with Gasteiger partial charge >= 0.3 is 18.4 Å². The fourth-order valence-corrected chi connectivity index (χ4v) is 3.75. The Hall–Kier alpha value is -3.96. The number of nitrogens with one attached hydrogen (secondary N) is 3. The molecule has 1 aliphatic heterocycles. The Kier molecular flexibility index (Phi) is 8.15. The molecule has 12 nitrogen and oxygen atoms in total. The Morgan fingerprint density at radius 3 is 2.51 bits per heavy atom. The van der Waals surface area contributed by atoms with Gasteiger partial charge in [-0.2, -0.15) is 26.3 Å². The van der Waals surface area contributed by atoms with Gasteiger partial charge in [-0.05, 0) is 49.5 Å². The fraction of sp³-hybridized carbons (Fsp3) is 0.565. The lowest BCUT2D eigenvalue weighted by Crippen LogP contribution is -2.51. The molecule has 2 fully saturated rings. The van der Waals surface area contributed by atoms with Crippen LogP contribution in [0.15, 0.2) is 23.0 Å². The first-order chi connectivity index (χ1) is 19.0. The van der Waals surface area contributed by atoms with Crippen molar-refractivity contribution in [2.45, 2.75) is 69.2 Å². The third-order valence-electron chi connectivity index (χ3n) is 6.44. The van der Waals surface area contributed by atoms with E-state index in [2.05, 4.69) is 30.6 Å². The van der Waals surface area contributed by atoms with Crippen LogP contribution >= 0.6 is 0 Å². The van der Waals surface area contributed by atoms with E-state index in [4.69, 9.17) is 4.74 Å². The van der Waals surface area contributed by atoms with E-state index in [0.29, 0.717) is 5.56 Å². The molecule has 3 N–H and O–H groups in total. The minimum absolute atomic E-state index is 0.0641. The number of urea groups is 1. The maximum absolute atomic E-state index is 13.3. The fourth-order valence-electron chi connectivity index (χ4n) is 3.75. The Morgan fingerprint density at radius 1 is 1.20 bits per heavy atom. The normalized spacial score (nSPS) is 18.7. The molecule has 1 saturated carbocycles. The van der Waals surface area contributed by atoms with Crippen LogP contribution in [0, 0.1) is 0 Å². The predicted molar refractivity (Wildman–Crippen MR) is 125 cm³/mol. The zero-order valence-corrected chi connectivity index (χ0v) is 21.6. The van der Waals surface area contributed by atoms with Gasteiger partial charge in [-0.3, -0.25) is 9.59 Å². The average Bonchev–Trinajstić information content (AvgIpc) is 3.46. The number of nitrogens with zero attached hydrogens (tertiary/aromatic N) is 4. The number of hydrogen-bond donors (Lipinski definition) is 3. The van der Waals surface area contributed by atoms with Gasteiger partial charge in [0.15, 0.2) is 11.3 Å². The summed E-state index contributed by atoms with van der Waals surface area (Å²) in [6, 6.07) is -1.99. The maximum Gasteiger partial charge on any atom is 0.416 e. The molecule has 2 aromatic heterocycles. The van der Waals surface area contributed by atoms with E-state index in [1.54, 1.807) is 0 Å². The monoisotopic (exact) mass is 593 g/mol. The van der Waals surface area contributed by atoms with Gasteiger partial charge in [0.05, 0.1) is 13.2 Å². The molecule has 2 aromatic rings. The van der Waals surface area contributed by atoms with Crippen molar-refractivity contribution >= 4 is 23.7 Å². The lowest BCUT2D eigenvalue weighted by atomic mass is 10.1. The first-order valence-electron chi connectivity index (χ1n) is 12.3. The summed E-state index contributed by atoms with van der Waals surface area (Å²) in [5, 5.41) is 13.7. The molecule has 2 aliphatic rings. The second-order valence-corrected chi connectivity index (χ2v) is 10.1. The molecule has 0 spiro atoms. The van der Waals surface area contributed by atoms with E-state index in [0.717, 1.165) is 31.6 Å². The van der Waals surface area contributed by atoms with Crippen LogP contribution in [0.5, 0.6) is 0 Å². The molecule has 0 unspecified atom stereocenters. The molecule has 4 rings (SSSR count). The summed E-state index contributed by atoms with van der Waals surface area (Å²) in [6.45, 7) is -0.290. The van der Waals surface area contributed by atoms with Gasteiger partial charge in [-0.1, -0.05) is 5.16 Å². The van der Waals surface area contributed by atoms with Crippen molar-refractivity contribution < 1.29 is 50.1 Å². The Morgan fingerprint density at radius 2 is 1.90 bits per heavy atom. The topological polar surface area (TPSA) is 152 Å². The van der Waals surface area contributed by atoms with E-state index in [1.807, 2.05) is 5.32 Å². The summed E-state index contributed by atoms with van der Waals surface area (Å²) in [6.07, 6.45) is -6.75. The summed E-state index contributed by atoms with van der Waals surface area (Å²) in [5.41, 5.74) is -2.34. The molecule has 4 amide bonds. The van der Waals surface area contributed by atoms with Crippen LogP contribution in [0.2, 0.25) is 0 Å². The maximum atomic E-state index is 13.3. The first kappa shape index (κ1) is 30.0. The smallest absolute Gasteiger partial charge is 0.363 e. The summed E-state index contributed by atoms with van der Waals surface area (Å²) >= 11 is 0. The van der Waals surface area contributed by atoms with Gasteiger partial charge in [0.1, 0.15) is 23.6 Å². The number of anilines is 1. The van der Waals surface area contributed by atoms with E-state index in [-0.39, 0.29) is 29.7 Å². The number of halogens is 6. The summed E-state index contributed by atoms with van der Waals surface area (Å²) in [5.74, 6) is -2.15. The number of ether oxygens (including phenoxy) is 1. The van der Waals surface area contributed by atoms with Crippen LogP contribution in [0.3, 0.4) is 0 Å². The van der Waals surface area contributed by atoms with Crippen LogP contribution in [0.4, 0.5) is 37.0 Å². The summed E-state index contributed by atoms with van der Waals surface area (Å²) in [7, 11) is 0. The van der Waals surface area contributed by atoms with Crippen molar-refractivity contribution in [2.24, 2.45) is 0 Å². The molecule has 224 valence electrons. The zero-order chi connectivity index (χ0) is 30.2. The number of carbonyl (C=O) groups excluding carboxylic acids is 3. The molecule has 2 atom stereocenters. The Labute approximate surface area is 228 Å². The van der Waals surface area contributed by atoms with Crippen LogP contribution in [0.25, 0.3) is 0 Å². The van der Waals surface area contributed by atoms with Gasteiger partial charge in [-0.15, -0.1) is 0 Å². The molecule has 1 saturated heterocycles. The van der Waals surface area contributed by atoms with Crippen LogP contribution in [-0.2, 0) is 16.1 Å². The van der Waals surface area contributed by atoms with E-state index in [9.17, 15) is 40.7 Å². The second kappa shape index (κ2) is 11.1. The minimum atomic E-state index is -4.80. The van der Waals surface area contributed by atoms with E-state index < -0.39 is 61.0 Å². The van der Waals surface area contributed by atoms with Crippen molar-refractivity contribution in [1.29, 1.82) is 0 Å². The number of alkyl halides is 6. The van der Waals surface area contributed by atoms with Crippen molar-refractivity contribution in [1.82, 2.24) is 30.8 Å². The lowest BCUT2D eigenvalue weighted by molar-refractivity contribution is -0.264. The Balaban J connectivity index is 1.47. The highest BCUT2D eigenvalue weighted by atomic mass is 19.4. The van der Waals surface area contributed by atoms with Gasteiger partial charge in [0.2, 0.25) is 0 Å². The minimum Gasteiger partial charge on any atom is -0.363 e. The molecular weight excluding hydrogens is 568 g/mol. The third-order valence-corrected chi connectivity index (χ3v) is 6.44. The quantitative estimate of drug-likeness (QED) is 0.356. The van der Waals surface area contributed by atoms with Crippen molar-refractivity contribution in [3.63, 3.8) is 0 Å². The first-order valence-corrected chi connectivity index (χ1v) is 12.3. The molecule has 0 bridgehead atoms. The molecule has 0 aromatic carbocycles. The summed E-state index contributed by atoms with van der Waals surface area (Å²) in [4.78, 5) is 42.7. The van der Waals surface area contributed by atoms with Gasteiger partial charge in [-0.25, -0.2) is 14.4 Å². The van der Waals surface area contributed by atoms with E-state index >= 15 is 0 Å². The van der Waals surface area contributed by atoms with E-state index in [1.165, 1.54) is 18.3 Å². The second-order valence-electron chi connectivity index (χ2n) is 10.1. The SMILES string of the molecule is CC(C)(OC[C@H](NC(=O)c1nonc1C1CC1)C(=O)Nc1cc(CN2C[C@@H](C(F)(F)F)NC2=O)ccn1)C(F)(F)F. The standard InChI is InChI=1S/C23H25F6N7O5/c1-21(2,23(27,28)29)40-10-13(31-19(38)17-16(12-3-4-12)34-41-35-17)18(37)33-15-7-11(5-6-30-15)8-36-9-14(22(24,25)26)32-20(36)39/h5-7,12-14H,3-4,8-10H2,1-2H3,(H,31,38)(H,32,39)(H,30,33,37)/t13-,14-/m0/s1. The molecule has 1 aliphatic carbocycles. The molecular formula is C23H25F6N7O5. The zero-order valence-electron chi connectivity index (χ0n) is 21.6. The molecule has 18 heteroatoms. The number of pyridine rings is 1. The van der Waals surface area contributed by atoms with Gasteiger partial charge < -0.3 is 25.6 Å². The predicted octanol–water partition coefficient (Wildman–Crippen LogP) is 2.89. The Bertz CT molecular complexity index is 1290. The highest BCUT2D eigenvalue weighted by molar-refractivity contribution is 6.00. The van der Waals surface area contributed by atoms with Crippen molar-refractivity contribution in [3.05, 3.63) is 35.3 Å². The number of hydrogen-bond acceptors (Lipinski definition) is 8. The highest BCUT2D eigenvalue weighted by Crippen LogP contribution is 2.40. The van der Waals surface area contributed by atoms with Crippen LogP contribution < -0.4 is 16.0 Å². The number of aromatic nitrogens is 3. The largest absolute Gasteiger partial charge is 0.416 e. The van der Waals surface area contributed by atoms with Gasteiger partial charge in [0, 0.05) is 18.7 Å². The van der Waals surface area contributed by atoms with Crippen molar-refractivity contribution in [3.8, 4) is 0 Å². The van der Waals surface area contributed by atoms with Crippen LogP contribution in [-0.4, -0.2) is 81.2 Å². The average molecular weight is 593 g/mol. The number of carbonyl (C=O) groups is 3. The number of rotatable bonds is 10. The third kappa shape index (κ3) is 7.22.